The SMILES string of the molecule is Cc1ccc([C@@H]2O[C@@H]([C@@H](O)CO)[C@H](O)[C@H]2O)cc1Cc1ccc(-c2ccc(F)cc2)s1. The van der Waals surface area contributed by atoms with E-state index in [1.165, 1.54) is 12.1 Å². The fraction of sp³-hybridized carbons (Fsp3) is 0.333. The van der Waals surface area contributed by atoms with Gasteiger partial charge in [-0.3, -0.25) is 0 Å². The number of halogens is 1. The fourth-order valence-electron chi connectivity index (χ4n) is 3.89. The molecule has 1 aromatic heterocycles. The number of hydrogen-bond acceptors (Lipinski definition) is 6. The first-order valence-electron chi connectivity index (χ1n) is 10.1. The van der Waals surface area contributed by atoms with Gasteiger partial charge < -0.3 is 25.2 Å². The maximum absolute atomic E-state index is 13.2. The summed E-state index contributed by atoms with van der Waals surface area (Å²) in [6, 6.07) is 16.2. The molecular formula is C24H25FO5S. The maximum Gasteiger partial charge on any atom is 0.123 e. The highest BCUT2D eigenvalue weighted by atomic mass is 32.1. The molecule has 0 spiro atoms. The number of aryl methyl sites for hydroxylation is 1. The molecule has 4 rings (SSSR count). The van der Waals surface area contributed by atoms with E-state index in [2.05, 4.69) is 0 Å². The highest BCUT2D eigenvalue weighted by molar-refractivity contribution is 7.15. The second-order valence-electron chi connectivity index (χ2n) is 7.89. The van der Waals surface area contributed by atoms with Gasteiger partial charge in [0.1, 0.15) is 36.3 Å². The van der Waals surface area contributed by atoms with E-state index in [4.69, 9.17) is 9.84 Å². The topological polar surface area (TPSA) is 90.2 Å². The van der Waals surface area contributed by atoms with Gasteiger partial charge in [-0.1, -0.05) is 30.3 Å². The van der Waals surface area contributed by atoms with Crippen molar-refractivity contribution >= 4 is 11.3 Å². The predicted molar refractivity (Wildman–Crippen MR) is 116 cm³/mol. The molecule has 0 saturated carbocycles. The van der Waals surface area contributed by atoms with Crippen LogP contribution in [0.15, 0.2) is 54.6 Å². The number of hydrogen-bond donors (Lipinski definition) is 4. The third kappa shape index (κ3) is 4.57. The largest absolute Gasteiger partial charge is 0.394 e. The van der Waals surface area contributed by atoms with Crippen molar-refractivity contribution in [1.82, 2.24) is 0 Å². The second kappa shape index (κ2) is 9.16. The smallest absolute Gasteiger partial charge is 0.123 e. The summed E-state index contributed by atoms with van der Waals surface area (Å²) >= 11 is 1.64. The van der Waals surface area contributed by atoms with Crippen LogP contribution in [-0.2, 0) is 11.2 Å². The van der Waals surface area contributed by atoms with E-state index in [-0.39, 0.29) is 5.82 Å². The number of benzene rings is 2. The van der Waals surface area contributed by atoms with Crippen LogP contribution >= 0.6 is 11.3 Å². The van der Waals surface area contributed by atoms with Crippen LogP contribution in [0.3, 0.4) is 0 Å². The van der Waals surface area contributed by atoms with E-state index < -0.39 is 37.1 Å². The highest BCUT2D eigenvalue weighted by Gasteiger charge is 2.46. The van der Waals surface area contributed by atoms with Crippen molar-refractivity contribution in [2.24, 2.45) is 0 Å². The average molecular weight is 445 g/mol. The van der Waals surface area contributed by atoms with Crippen LogP contribution in [0.1, 0.15) is 27.7 Å². The Hall–Kier alpha value is -2.13. The lowest BCUT2D eigenvalue weighted by Crippen LogP contribution is -2.40. The van der Waals surface area contributed by atoms with Gasteiger partial charge in [-0.05, 0) is 53.4 Å². The molecule has 2 heterocycles. The van der Waals surface area contributed by atoms with Gasteiger partial charge in [-0.15, -0.1) is 11.3 Å². The molecule has 164 valence electrons. The van der Waals surface area contributed by atoms with Crippen LogP contribution in [-0.4, -0.2) is 51.4 Å². The third-order valence-corrected chi connectivity index (χ3v) is 6.86. The maximum atomic E-state index is 13.2. The first kappa shape index (κ1) is 22.1. The molecule has 0 radical (unpaired) electrons. The minimum atomic E-state index is -1.28. The molecule has 0 bridgehead atoms. The molecule has 1 fully saturated rings. The van der Waals surface area contributed by atoms with Crippen molar-refractivity contribution in [2.75, 3.05) is 6.61 Å². The van der Waals surface area contributed by atoms with E-state index in [0.717, 1.165) is 26.4 Å². The fourth-order valence-corrected chi connectivity index (χ4v) is 4.93. The van der Waals surface area contributed by atoms with Crippen LogP contribution < -0.4 is 0 Å². The zero-order chi connectivity index (χ0) is 22.1. The summed E-state index contributed by atoms with van der Waals surface area (Å²) in [5.74, 6) is -0.261. The van der Waals surface area contributed by atoms with Gasteiger partial charge in [0, 0.05) is 16.2 Å². The molecule has 0 amide bonds. The Bertz CT molecular complexity index is 1030. The summed E-state index contributed by atoms with van der Waals surface area (Å²) in [6.45, 7) is 1.45. The van der Waals surface area contributed by atoms with Crippen molar-refractivity contribution < 1.29 is 29.6 Å². The summed E-state index contributed by atoms with van der Waals surface area (Å²) in [7, 11) is 0. The lowest BCUT2D eigenvalue weighted by atomic mass is 9.95. The Morgan fingerprint density at radius 3 is 2.48 bits per heavy atom. The van der Waals surface area contributed by atoms with E-state index >= 15 is 0 Å². The summed E-state index contributed by atoms with van der Waals surface area (Å²) in [6.07, 6.45) is -4.92. The van der Waals surface area contributed by atoms with E-state index in [0.29, 0.717) is 12.0 Å². The molecule has 3 aromatic rings. The number of rotatable bonds is 6. The number of thiophene rings is 1. The Kier molecular flexibility index (Phi) is 6.52. The average Bonchev–Trinajstić information content (AvgIpc) is 3.35. The summed E-state index contributed by atoms with van der Waals surface area (Å²) in [5.41, 5.74) is 3.81. The molecular weight excluding hydrogens is 419 g/mol. The van der Waals surface area contributed by atoms with Gasteiger partial charge in [-0.25, -0.2) is 4.39 Å². The summed E-state index contributed by atoms with van der Waals surface area (Å²) < 4.78 is 18.9. The third-order valence-electron chi connectivity index (χ3n) is 5.72. The molecule has 1 aliphatic heterocycles. The number of aliphatic hydroxyl groups is 4. The van der Waals surface area contributed by atoms with Gasteiger partial charge >= 0.3 is 0 Å². The van der Waals surface area contributed by atoms with E-state index in [1.54, 1.807) is 23.5 Å². The first-order valence-corrected chi connectivity index (χ1v) is 10.9. The molecule has 4 N–H and O–H groups in total. The van der Waals surface area contributed by atoms with Crippen molar-refractivity contribution in [3.8, 4) is 10.4 Å². The molecule has 0 aliphatic carbocycles. The first-order chi connectivity index (χ1) is 14.9. The molecule has 5 nitrogen and oxygen atoms in total. The van der Waals surface area contributed by atoms with Crippen LogP contribution in [0, 0.1) is 12.7 Å². The van der Waals surface area contributed by atoms with Crippen LogP contribution in [0.5, 0.6) is 0 Å². The molecule has 5 atom stereocenters. The predicted octanol–water partition coefficient (Wildman–Crippen LogP) is 2.97. The number of aliphatic hydroxyl groups excluding tert-OH is 4. The van der Waals surface area contributed by atoms with Crippen molar-refractivity contribution in [3.63, 3.8) is 0 Å². The van der Waals surface area contributed by atoms with Gasteiger partial charge in [-0.2, -0.15) is 0 Å². The normalized spacial score (nSPS) is 24.5. The second-order valence-corrected chi connectivity index (χ2v) is 9.06. The molecule has 31 heavy (non-hydrogen) atoms. The van der Waals surface area contributed by atoms with Crippen LogP contribution in [0.25, 0.3) is 10.4 Å². The Morgan fingerprint density at radius 1 is 1.03 bits per heavy atom. The molecule has 7 heteroatoms. The summed E-state index contributed by atoms with van der Waals surface area (Å²) in [5, 5.41) is 39.7. The summed E-state index contributed by atoms with van der Waals surface area (Å²) in [4.78, 5) is 2.20. The van der Waals surface area contributed by atoms with Gasteiger partial charge in [0.15, 0.2) is 0 Å². The minimum Gasteiger partial charge on any atom is -0.394 e. The Morgan fingerprint density at radius 2 is 1.77 bits per heavy atom. The van der Waals surface area contributed by atoms with Gasteiger partial charge in [0.25, 0.3) is 0 Å². The Labute approximate surface area is 184 Å². The van der Waals surface area contributed by atoms with Crippen LogP contribution in [0.4, 0.5) is 4.39 Å². The zero-order valence-electron chi connectivity index (χ0n) is 17.0. The van der Waals surface area contributed by atoms with Crippen LogP contribution in [0.2, 0.25) is 0 Å². The molecule has 1 saturated heterocycles. The molecule has 1 aliphatic rings. The van der Waals surface area contributed by atoms with Gasteiger partial charge in [0.05, 0.1) is 6.61 Å². The van der Waals surface area contributed by atoms with Crippen molar-refractivity contribution in [1.29, 1.82) is 0 Å². The zero-order valence-corrected chi connectivity index (χ0v) is 17.8. The lowest BCUT2D eigenvalue weighted by molar-refractivity contribution is -0.0820. The Balaban J connectivity index is 1.54. The highest BCUT2D eigenvalue weighted by Crippen LogP contribution is 2.36. The van der Waals surface area contributed by atoms with E-state index in [1.807, 2.05) is 37.3 Å². The standard InChI is InChI=1S/C24H25FO5S/c1-13-2-3-15(23-21(28)22(29)24(30-23)19(27)12-26)10-16(13)11-18-8-9-20(31-18)14-4-6-17(25)7-5-14/h2-10,19,21-24,26-29H,11-12H2,1H3/t19-,21+,22+,23-,24-/m0/s1. The van der Waals surface area contributed by atoms with Crippen molar-refractivity contribution in [2.45, 2.75) is 43.9 Å². The van der Waals surface area contributed by atoms with Gasteiger partial charge in [0.2, 0.25) is 0 Å². The number of ether oxygens (including phenoxy) is 1. The monoisotopic (exact) mass is 444 g/mol. The lowest BCUT2D eigenvalue weighted by Gasteiger charge is -2.19. The molecule has 2 aromatic carbocycles. The van der Waals surface area contributed by atoms with Crippen molar-refractivity contribution in [3.05, 3.63) is 82.0 Å². The quantitative estimate of drug-likeness (QED) is 0.469. The minimum absolute atomic E-state index is 0.261. The molecule has 0 unspecified atom stereocenters. The van der Waals surface area contributed by atoms with E-state index in [9.17, 15) is 19.7 Å².